The molecule has 0 aromatic rings. The van der Waals surface area contributed by atoms with Gasteiger partial charge in [0.15, 0.2) is 6.10 Å². The molecule has 3 unspecified atom stereocenters. The Labute approximate surface area is 242 Å². The van der Waals surface area contributed by atoms with Gasteiger partial charge in [0.25, 0.3) is 0 Å². The number of carbonyl (C=O) groups is 2. The van der Waals surface area contributed by atoms with E-state index >= 15 is 0 Å². The van der Waals surface area contributed by atoms with Gasteiger partial charge >= 0.3 is 19.8 Å². The van der Waals surface area contributed by atoms with Crippen molar-refractivity contribution in [3.8, 4) is 0 Å². The summed E-state index contributed by atoms with van der Waals surface area (Å²) in [4.78, 5) is 33.9. The summed E-state index contributed by atoms with van der Waals surface area (Å²) >= 11 is 0. The van der Waals surface area contributed by atoms with Crippen LogP contribution in [0.3, 0.4) is 0 Å². The maximum absolute atomic E-state index is 12.3. The van der Waals surface area contributed by atoms with Gasteiger partial charge in [0, 0.05) is 12.8 Å². The molecule has 11 heteroatoms. The van der Waals surface area contributed by atoms with E-state index in [1.54, 1.807) is 0 Å². The maximum atomic E-state index is 12.3. The molecule has 0 spiro atoms. The molecule has 40 heavy (non-hydrogen) atoms. The lowest BCUT2D eigenvalue weighted by molar-refractivity contribution is -0.161. The first kappa shape index (κ1) is 39.0. The van der Waals surface area contributed by atoms with E-state index in [0.29, 0.717) is 12.8 Å². The van der Waals surface area contributed by atoms with Crippen LogP contribution in [0.4, 0.5) is 0 Å². The number of ether oxygens (including phenoxy) is 2. The van der Waals surface area contributed by atoms with Gasteiger partial charge in [-0.15, -0.1) is 0 Å². The SMILES string of the molecule is CCCCCCCCCCCCCCCCCC(=O)OC(COC(=O)CCCC)COP(=O)(O)OCC(O)CO. The minimum Gasteiger partial charge on any atom is -0.462 e. The molecule has 10 nitrogen and oxygen atoms in total. The van der Waals surface area contributed by atoms with Crippen molar-refractivity contribution in [2.24, 2.45) is 0 Å². The summed E-state index contributed by atoms with van der Waals surface area (Å²) in [6, 6.07) is 0. The van der Waals surface area contributed by atoms with Gasteiger partial charge in [-0.1, -0.05) is 110 Å². The molecule has 0 fully saturated rings. The normalized spacial score (nSPS) is 14.4. The molecule has 0 aliphatic rings. The molecule has 0 saturated carbocycles. The van der Waals surface area contributed by atoms with Crippen molar-refractivity contribution in [3.63, 3.8) is 0 Å². The first-order chi connectivity index (χ1) is 19.2. The molecule has 0 bridgehead atoms. The lowest BCUT2D eigenvalue weighted by atomic mass is 10.0. The van der Waals surface area contributed by atoms with E-state index in [0.717, 1.165) is 25.7 Å². The van der Waals surface area contributed by atoms with Crippen molar-refractivity contribution in [1.29, 1.82) is 0 Å². The number of unbranched alkanes of at least 4 members (excludes halogenated alkanes) is 15. The zero-order valence-electron chi connectivity index (χ0n) is 25.1. The molecule has 3 N–H and O–H groups in total. The highest BCUT2D eigenvalue weighted by molar-refractivity contribution is 7.47. The van der Waals surface area contributed by atoms with E-state index in [9.17, 15) is 24.2 Å². The molecule has 0 radical (unpaired) electrons. The second-order valence-electron chi connectivity index (χ2n) is 10.5. The fourth-order valence-corrected chi connectivity index (χ4v) is 4.82. The second kappa shape index (κ2) is 26.8. The number of rotatable bonds is 29. The van der Waals surface area contributed by atoms with Crippen LogP contribution in [0.25, 0.3) is 0 Å². The van der Waals surface area contributed by atoms with E-state index in [1.807, 2.05) is 6.92 Å². The zero-order valence-corrected chi connectivity index (χ0v) is 26.0. The molecule has 0 aliphatic heterocycles. The summed E-state index contributed by atoms with van der Waals surface area (Å²) in [6.45, 7) is 2.08. The van der Waals surface area contributed by atoms with E-state index in [-0.39, 0.29) is 19.4 Å². The summed E-state index contributed by atoms with van der Waals surface area (Å²) in [7, 11) is -4.58. The van der Waals surface area contributed by atoms with Gasteiger partial charge in [0.1, 0.15) is 12.7 Å². The monoisotopic (exact) mass is 596 g/mol. The molecule has 0 aliphatic carbocycles. The first-order valence-electron chi connectivity index (χ1n) is 15.5. The van der Waals surface area contributed by atoms with Crippen LogP contribution < -0.4 is 0 Å². The van der Waals surface area contributed by atoms with E-state index < -0.39 is 51.8 Å². The van der Waals surface area contributed by atoms with Crippen molar-refractivity contribution in [2.75, 3.05) is 26.4 Å². The van der Waals surface area contributed by atoms with Crippen LogP contribution >= 0.6 is 7.82 Å². The van der Waals surface area contributed by atoms with E-state index in [1.165, 1.54) is 70.6 Å². The third kappa shape index (κ3) is 25.9. The van der Waals surface area contributed by atoms with Crippen molar-refractivity contribution in [1.82, 2.24) is 0 Å². The van der Waals surface area contributed by atoms with Crippen molar-refractivity contribution in [2.45, 2.75) is 148 Å². The summed E-state index contributed by atoms with van der Waals surface area (Å²) in [5, 5.41) is 18.1. The van der Waals surface area contributed by atoms with Crippen LogP contribution in [0.2, 0.25) is 0 Å². The minimum atomic E-state index is -4.58. The second-order valence-corrected chi connectivity index (χ2v) is 11.9. The third-order valence-corrected chi connectivity index (χ3v) is 7.46. The average molecular weight is 597 g/mol. The Balaban J connectivity index is 4.17. The lowest BCUT2D eigenvalue weighted by Gasteiger charge is -2.20. The topological polar surface area (TPSA) is 149 Å². The van der Waals surface area contributed by atoms with Crippen LogP contribution in [0.1, 0.15) is 136 Å². The largest absolute Gasteiger partial charge is 0.472 e. The third-order valence-electron chi connectivity index (χ3n) is 6.51. The Bertz CT molecular complexity index is 661. The number of esters is 2. The van der Waals surface area contributed by atoms with E-state index in [2.05, 4.69) is 11.4 Å². The molecule has 0 aromatic carbocycles. The molecule has 238 valence electrons. The highest BCUT2D eigenvalue weighted by Gasteiger charge is 2.27. The number of hydrogen-bond acceptors (Lipinski definition) is 9. The van der Waals surface area contributed by atoms with Crippen LogP contribution in [0.15, 0.2) is 0 Å². The highest BCUT2D eigenvalue weighted by Crippen LogP contribution is 2.43. The molecule has 0 amide bonds. The van der Waals surface area contributed by atoms with Crippen molar-refractivity contribution < 1.29 is 47.8 Å². The van der Waals surface area contributed by atoms with Gasteiger partial charge in [-0.05, 0) is 12.8 Å². The predicted molar refractivity (Wildman–Crippen MR) is 155 cm³/mol. The highest BCUT2D eigenvalue weighted by atomic mass is 31.2. The van der Waals surface area contributed by atoms with Crippen LogP contribution in [0.5, 0.6) is 0 Å². The van der Waals surface area contributed by atoms with Gasteiger partial charge in [-0.2, -0.15) is 0 Å². The number of aliphatic hydroxyl groups excluding tert-OH is 2. The fraction of sp³-hybridized carbons (Fsp3) is 0.931. The summed E-state index contributed by atoms with van der Waals surface area (Å²) in [5.41, 5.74) is 0. The molecule has 0 aromatic heterocycles. The summed E-state index contributed by atoms with van der Waals surface area (Å²) in [5.74, 6) is -0.961. The number of aliphatic hydroxyl groups is 2. The molecular weight excluding hydrogens is 539 g/mol. The number of phosphoric ester groups is 1. The maximum Gasteiger partial charge on any atom is 0.472 e. The lowest BCUT2D eigenvalue weighted by Crippen LogP contribution is -2.29. The van der Waals surface area contributed by atoms with Gasteiger partial charge in [-0.3, -0.25) is 18.6 Å². The minimum absolute atomic E-state index is 0.189. The van der Waals surface area contributed by atoms with Gasteiger partial charge in [0.05, 0.1) is 19.8 Å². The number of phosphoric acid groups is 1. The van der Waals surface area contributed by atoms with Crippen LogP contribution in [0, 0.1) is 0 Å². The quantitative estimate of drug-likeness (QED) is 0.0504. The van der Waals surface area contributed by atoms with Gasteiger partial charge < -0.3 is 24.6 Å². The van der Waals surface area contributed by atoms with Gasteiger partial charge in [-0.25, -0.2) is 4.57 Å². The molecular formula is C29H57O10P. The molecule has 3 atom stereocenters. The van der Waals surface area contributed by atoms with Gasteiger partial charge in [0.2, 0.25) is 0 Å². The first-order valence-corrected chi connectivity index (χ1v) is 17.0. The summed E-state index contributed by atoms with van der Waals surface area (Å²) in [6.07, 6.45) is 17.8. The summed E-state index contributed by atoms with van der Waals surface area (Å²) < 4.78 is 32.0. The Morgan fingerprint density at radius 2 is 1.10 bits per heavy atom. The molecule has 0 saturated heterocycles. The Hall–Kier alpha value is -1.03. The smallest absolute Gasteiger partial charge is 0.462 e. The van der Waals surface area contributed by atoms with Crippen LogP contribution in [-0.4, -0.2) is 65.7 Å². The number of hydrogen-bond donors (Lipinski definition) is 3. The Morgan fingerprint density at radius 3 is 1.60 bits per heavy atom. The van der Waals surface area contributed by atoms with Crippen LogP contribution in [-0.2, 0) is 32.7 Å². The molecule has 0 heterocycles. The predicted octanol–water partition coefficient (Wildman–Crippen LogP) is 6.38. The Kier molecular flexibility index (Phi) is 26.2. The standard InChI is InChI=1S/C29H57O10P/c1-3-5-7-8-9-10-11-12-13-14-15-16-17-18-19-21-29(33)39-27(24-36-28(32)20-6-4-2)25-38-40(34,35)37-23-26(31)22-30/h26-27,30-31H,3-25H2,1-2H3,(H,34,35). The van der Waals surface area contributed by atoms with E-state index in [4.69, 9.17) is 19.1 Å². The van der Waals surface area contributed by atoms with Crippen molar-refractivity contribution >= 4 is 19.8 Å². The fourth-order valence-electron chi connectivity index (χ4n) is 4.03. The molecule has 0 rings (SSSR count). The zero-order chi connectivity index (χ0) is 29.9. The van der Waals surface area contributed by atoms with Crippen molar-refractivity contribution in [3.05, 3.63) is 0 Å². The Morgan fingerprint density at radius 1 is 0.650 bits per heavy atom. The number of carbonyl (C=O) groups excluding carboxylic acids is 2. The average Bonchev–Trinajstić information content (AvgIpc) is 2.94.